The lowest BCUT2D eigenvalue weighted by Crippen LogP contribution is -2.14. The number of hydrogen-bond acceptors (Lipinski definition) is 6. The van der Waals surface area contributed by atoms with Crippen molar-refractivity contribution in [3.63, 3.8) is 0 Å². The van der Waals surface area contributed by atoms with Crippen molar-refractivity contribution < 1.29 is 19.1 Å². The molecule has 0 heterocycles. The van der Waals surface area contributed by atoms with Gasteiger partial charge in [-0.05, 0) is 49.2 Å². The van der Waals surface area contributed by atoms with Crippen molar-refractivity contribution in [2.75, 3.05) is 23.8 Å². The highest BCUT2D eigenvalue weighted by Crippen LogP contribution is 2.31. The molecule has 0 amide bonds. The Morgan fingerprint density at radius 1 is 0.524 bits per heavy atom. The van der Waals surface area contributed by atoms with Crippen molar-refractivity contribution in [3.05, 3.63) is 83.9 Å². The van der Waals surface area contributed by atoms with Crippen LogP contribution < -0.4 is 10.6 Å². The van der Waals surface area contributed by atoms with Crippen LogP contribution in [0, 0.1) is 0 Å². The summed E-state index contributed by atoms with van der Waals surface area (Å²) in [5.74, 6) is -0.852. The first-order valence-electron chi connectivity index (χ1n) is 15.8. The molecular formula is C36H48N2O4. The van der Waals surface area contributed by atoms with Crippen LogP contribution in [-0.2, 0) is 9.47 Å². The molecule has 2 N–H and O–H groups in total. The van der Waals surface area contributed by atoms with Crippen LogP contribution in [0.3, 0.4) is 0 Å². The van der Waals surface area contributed by atoms with E-state index < -0.39 is 11.9 Å². The molecule has 42 heavy (non-hydrogen) atoms. The average molecular weight is 573 g/mol. The second-order valence-electron chi connectivity index (χ2n) is 10.7. The Bertz CT molecular complexity index is 1100. The van der Waals surface area contributed by atoms with Crippen LogP contribution in [0.5, 0.6) is 0 Å². The normalized spacial score (nSPS) is 10.7. The van der Waals surface area contributed by atoms with Crippen LogP contribution >= 0.6 is 0 Å². The van der Waals surface area contributed by atoms with Crippen molar-refractivity contribution in [2.24, 2.45) is 0 Å². The summed E-state index contributed by atoms with van der Waals surface area (Å²) in [6, 6.07) is 22.6. The Kier molecular flexibility index (Phi) is 15.1. The smallest absolute Gasteiger partial charge is 0.340 e. The number of unbranched alkanes of at least 4 members (excludes halogenated alkanes) is 10. The first kappa shape index (κ1) is 32.7. The van der Waals surface area contributed by atoms with E-state index in [2.05, 4.69) is 24.5 Å². The van der Waals surface area contributed by atoms with Gasteiger partial charge in [0.2, 0.25) is 0 Å². The molecule has 6 heteroatoms. The third-order valence-electron chi connectivity index (χ3n) is 7.17. The molecule has 3 aromatic rings. The van der Waals surface area contributed by atoms with Crippen LogP contribution in [0.1, 0.15) is 112 Å². The van der Waals surface area contributed by atoms with Crippen LogP contribution in [-0.4, -0.2) is 25.2 Å². The second-order valence-corrected chi connectivity index (χ2v) is 10.7. The van der Waals surface area contributed by atoms with Gasteiger partial charge in [-0.25, -0.2) is 9.59 Å². The number of hydrogen-bond donors (Lipinski definition) is 2. The zero-order chi connectivity index (χ0) is 29.8. The number of anilines is 4. The first-order chi connectivity index (χ1) is 20.6. The molecule has 226 valence electrons. The second kappa shape index (κ2) is 19.3. The molecule has 0 bridgehead atoms. The molecule has 0 aromatic heterocycles. The van der Waals surface area contributed by atoms with Gasteiger partial charge in [0.25, 0.3) is 0 Å². The van der Waals surface area contributed by atoms with Gasteiger partial charge in [0.15, 0.2) is 0 Å². The average Bonchev–Trinajstić information content (AvgIpc) is 3.01. The van der Waals surface area contributed by atoms with Crippen LogP contribution in [0.2, 0.25) is 0 Å². The van der Waals surface area contributed by atoms with E-state index in [0.29, 0.717) is 35.7 Å². The topological polar surface area (TPSA) is 76.7 Å². The largest absolute Gasteiger partial charge is 0.462 e. The molecular weight excluding hydrogens is 524 g/mol. The highest BCUT2D eigenvalue weighted by molar-refractivity contribution is 6.04. The fourth-order valence-electron chi connectivity index (χ4n) is 4.75. The van der Waals surface area contributed by atoms with Gasteiger partial charge in [-0.15, -0.1) is 0 Å². The number of nitrogens with one attached hydrogen (secondary N) is 2. The summed E-state index contributed by atoms with van der Waals surface area (Å²) in [5.41, 5.74) is 3.32. The molecule has 0 saturated heterocycles. The minimum atomic E-state index is -0.426. The first-order valence-corrected chi connectivity index (χ1v) is 15.8. The Balaban J connectivity index is 1.82. The molecule has 6 nitrogen and oxygen atoms in total. The fourth-order valence-corrected chi connectivity index (χ4v) is 4.75. The van der Waals surface area contributed by atoms with Gasteiger partial charge >= 0.3 is 11.9 Å². The minimum Gasteiger partial charge on any atom is -0.462 e. The van der Waals surface area contributed by atoms with Gasteiger partial charge in [0.1, 0.15) is 0 Å². The van der Waals surface area contributed by atoms with Gasteiger partial charge in [-0.3, -0.25) is 0 Å². The van der Waals surface area contributed by atoms with Crippen molar-refractivity contribution in [1.29, 1.82) is 0 Å². The van der Waals surface area contributed by atoms with E-state index in [0.717, 1.165) is 49.9 Å². The summed E-state index contributed by atoms with van der Waals surface area (Å²) < 4.78 is 11.4. The molecule has 3 rings (SSSR count). The summed E-state index contributed by atoms with van der Waals surface area (Å²) >= 11 is 0. The van der Waals surface area contributed by atoms with Crippen molar-refractivity contribution in [3.8, 4) is 0 Å². The van der Waals surface area contributed by atoms with E-state index in [9.17, 15) is 9.59 Å². The van der Waals surface area contributed by atoms with E-state index in [4.69, 9.17) is 9.47 Å². The highest BCUT2D eigenvalue weighted by Gasteiger charge is 2.22. The predicted octanol–water partition coefficient (Wildman–Crippen LogP) is 10.2. The maximum absolute atomic E-state index is 13.4. The molecule has 0 aliphatic carbocycles. The summed E-state index contributed by atoms with van der Waals surface area (Å²) in [4.78, 5) is 26.8. The van der Waals surface area contributed by atoms with Crippen LogP contribution in [0.4, 0.5) is 22.7 Å². The molecule has 0 atom stereocenters. The van der Waals surface area contributed by atoms with E-state index >= 15 is 0 Å². The summed E-state index contributed by atoms with van der Waals surface area (Å²) in [6.45, 7) is 5.12. The zero-order valence-electron chi connectivity index (χ0n) is 25.5. The number of carbonyl (C=O) groups is 2. The zero-order valence-corrected chi connectivity index (χ0v) is 25.5. The van der Waals surface area contributed by atoms with E-state index in [-0.39, 0.29) is 0 Å². The van der Waals surface area contributed by atoms with Crippen molar-refractivity contribution in [2.45, 2.75) is 90.9 Å². The maximum Gasteiger partial charge on any atom is 0.340 e. The molecule has 0 radical (unpaired) electrons. The molecule has 0 spiro atoms. The number of carbonyl (C=O) groups excluding carboxylic acids is 2. The minimum absolute atomic E-state index is 0.357. The lowest BCUT2D eigenvalue weighted by Gasteiger charge is -2.18. The van der Waals surface area contributed by atoms with Gasteiger partial charge in [0.05, 0.1) is 35.7 Å². The van der Waals surface area contributed by atoms with Gasteiger partial charge in [0, 0.05) is 11.4 Å². The van der Waals surface area contributed by atoms with Gasteiger partial charge in [-0.2, -0.15) is 0 Å². The van der Waals surface area contributed by atoms with Crippen LogP contribution in [0.15, 0.2) is 72.8 Å². The molecule has 3 aromatic carbocycles. The maximum atomic E-state index is 13.4. The van der Waals surface area contributed by atoms with E-state index in [1.165, 1.54) is 38.5 Å². The third kappa shape index (κ3) is 11.6. The summed E-state index contributed by atoms with van der Waals surface area (Å²) in [5, 5.41) is 6.65. The van der Waals surface area contributed by atoms with E-state index in [1.807, 2.05) is 60.7 Å². The van der Waals surface area contributed by atoms with Crippen molar-refractivity contribution in [1.82, 2.24) is 0 Å². The lowest BCUT2D eigenvalue weighted by atomic mass is 10.0. The quantitative estimate of drug-likeness (QED) is 0.104. The number of rotatable bonds is 20. The Hall–Kier alpha value is -3.80. The number of benzene rings is 3. The molecule has 0 fully saturated rings. The molecule has 0 unspecified atom stereocenters. The fraction of sp³-hybridized carbons (Fsp3) is 0.444. The summed E-state index contributed by atoms with van der Waals surface area (Å²) in [6.07, 6.45) is 13.3. The number of para-hydroxylation sites is 2. The van der Waals surface area contributed by atoms with Crippen molar-refractivity contribution >= 4 is 34.7 Å². The Morgan fingerprint density at radius 3 is 1.26 bits per heavy atom. The van der Waals surface area contributed by atoms with Gasteiger partial charge in [-0.1, -0.05) is 114 Å². The van der Waals surface area contributed by atoms with E-state index in [1.54, 1.807) is 12.1 Å². The Labute approximate surface area is 252 Å². The standard InChI is InChI=1S/C36H48N2O4/c1-3-5-7-9-11-19-25-41-35(39)31-27-34(38-30-23-17-14-18-24-30)32(28-33(31)37-29-21-15-13-16-22-29)36(40)42-26-20-12-10-8-6-4-2/h13-18,21-24,27-28,37-38H,3-12,19-20,25-26H2,1-2H3. The number of ether oxygens (including phenoxy) is 2. The Morgan fingerprint density at radius 2 is 0.881 bits per heavy atom. The highest BCUT2D eigenvalue weighted by atomic mass is 16.5. The summed E-state index contributed by atoms with van der Waals surface area (Å²) in [7, 11) is 0. The molecule has 0 aliphatic heterocycles. The molecule has 0 aliphatic rings. The number of esters is 2. The molecule has 0 saturated carbocycles. The monoisotopic (exact) mass is 572 g/mol. The predicted molar refractivity (Wildman–Crippen MR) is 173 cm³/mol. The lowest BCUT2D eigenvalue weighted by molar-refractivity contribution is 0.0485. The third-order valence-corrected chi connectivity index (χ3v) is 7.17. The van der Waals surface area contributed by atoms with Crippen LogP contribution in [0.25, 0.3) is 0 Å². The van der Waals surface area contributed by atoms with Gasteiger partial charge < -0.3 is 20.1 Å². The SMILES string of the molecule is CCCCCCCCOC(=O)c1cc(Nc2ccccc2)c(C(=O)OCCCCCCCC)cc1Nc1ccccc1.